The Morgan fingerprint density at radius 3 is 2.89 bits per heavy atom. The van der Waals surface area contributed by atoms with Crippen LogP contribution in [0.25, 0.3) is 0 Å². The van der Waals surface area contributed by atoms with Crippen molar-refractivity contribution in [3.8, 4) is 0 Å². The molecule has 1 aromatic rings. The maximum atomic E-state index is 12.2. The molecule has 1 aromatic heterocycles. The Kier molecular flexibility index (Phi) is 4.13. The van der Waals surface area contributed by atoms with Crippen LogP contribution in [0.3, 0.4) is 0 Å². The number of fused-ring (bicyclic) bond motifs is 1. The van der Waals surface area contributed by atoms with Gasteiger partial charge in [-0.3, -0.25) is 4.79 Å². The van der Waals surface area contributed by atoms with Gasteiger partial charge < -0.3 is 5.32 Å². The lowest BCUT2D eigenvalue weighted by Gasteiger charge is -2.13. The number of amides is 1. The minimum absolute atomic E-state index is 0.0927. The van der Waals surface area contributed by atoms with Crippen LogP contribution in [0, 0.1) is 5.92 Å². The molecule has 1 N–H and O–H groups in total. The van der Waals surface area contributed by atoms with Crippen molar-refractivity contribution in [1.82, 2.24) is 5.32 Å². The number of hydrogen-bond acceptors (Lipinski definition) is 2. The number of carbonyl (C=O) groups excluding carboxylic acids is 1. The Hall–Kier alpha value is -0.540. The minimum Gasteiger partial charge on any atom is -0.351 e. The van der Waals surface area contributed by atoms with Gasteiger partial charge in [0.05, 0.1) is 4.88 Å². The van der Waals surface area contributed by atoms with E-state index >= 15 is 0 Å². The Morgan fingerprint density at radius 1 is 1.32 bits per heavy atom. The molecule has 104 valence electrons. The molecule has 1 amide bonds. The van der Waals surface area contributed by atoms with Gasteiger partial charge in [-0.15, -0.1) is 22.9 Å². The van der Waals surface area contributed by atoms with Crippen molar-refractivity contribution >= 4 is 28.8 Å². The van der Waals surface area contributed by atoms with Gasteiger partial charge in [-0.05, 0) is 56.1 Å². The second-order valence-electron chi connectivity index (χ2n) is 5.68. The summed E-state index contributed by atoms with van der Waals surface area (Å²) in [6, 6.07) is 2.10. The fourth-order valence-corrected chi connectivity index (χ4v) is 4.67. The average molecular weight is 298 g/mol. The van der Waals surface area contributed by atoms with Gasteiger partial charge in [-0.25, -0.2) is 0 Å². The molecule has 0 aliphatic heterocycles. The van der Waals surface area contributed by atoms with Crippen molar-refractivity contribution < 1.29 is 4.79 Å². The predicted molar refractivity (Wildman–Crippen MR) is 80.3 cm³/mol. The highest BCUT2D eigenvalue weighted by molar-refractivity contribution is 7.14. The molecular formula is C15H20ClNOS. The van der Waals surface area contributed by atoms with E-state index in [1.165, 1.54) is 29.7 Å². The fraction of sp³-hybridized carbons (Fsp3) is 0.667. The predicted octanol–water partition coefficient (Wildman–Crippen LogP) is 3.76. The number of nitrogens with one attached hydrogen (secondary N) is 1. The Bertz CT molecular complexity index is 447. The zero-order valence-corrected chi connectivity index (χ0v) is 12.7. The molecule has 0 aromatic carbocycles. The minimum atomic E-state index is 0.0927. The smallest absolute Gasteiger partial charge is 0.261 e. The van der Waals surface area contributed by atoms with Gasteiger partial charge in [0.15, 0.2) is 0 Å². The highest BCUT2D eigenvalue weighted by Crippen LogP contribution is 2.31. The Balaban J connectivity index is 1.59. The van der Waals surface area contributed by atoms with Gasteiger partial charge in [0.1, 0.15) is 0 Å². The SMILES string of the molecule is O=C(NCC1CCCC1Cl)c1cc2c(s1)CCCC2. The number of halogens is 1. The number of alkyl halides is 1. The summed E-state index contributed by atoms with van der Waals surface area (Å²) in [5.41, 5.74) is 1.40. The topological polar surface area (TPSA) is 29.1 Å². The molecule has 0 saturated heterocycles. The summed E-state index contributed by atoms with van der Waals surface area (Å²) in [5.74, 6) is 0.551. The van der Waals surface area contributed by atoms with Crippen molar-refractivity contribution in [3.05, 3.63) is 21.4 Å². The van der Waals surface area contributed by atoms with E-state index in [9.17, 15) is 4.79 Å². The summed E-state index contributed by atoms with van der Waals surface area (Å²) in [6.45, 7) is 0.732. The molecule has 2 nitrogen and oxygen atoms in total. The van der Waals surface area contributed by atoms with E-state index < -0.39 is 0 Å². The summed E-state index contributed by atoms with van der Waals surface area (Å²) in [5, 5.41) is 3.31. The van der Waals surface area contributed by atoms with E-state index in [-0.39, 0.29) is 11.3 Å². The lowest BCUT2D eigenvalue weighted by Crippen LogP contribution is -2.30. The Labute approximate surface area is 123 Å². The van der Waals surface area contributed by atoms with Crippen LogP contribution in [0.1, 0.15) is 52.2 Å². The third-order valence-electron chi connectivity index (χ3n) is 4.31. The number of aryl methyl sites for hydroxylation is 2. The van der Waals surface area contributed by atoms with Crippen molar-refractivity contribution in [1.29, 1.82) is 0 Å². The van der Waals surface area contributed by atoms with E-state index in [0.717, 1.165) is 37.1 Å². The van der Waals surface area contributed by atoms with E-state index in [1.54, 1.807) is 11.3 Å². The summed E-state index contributed by atoms with van der Waals surface area (Å²) >= 11 is 7.92. The summed E-state index contributed by atoms with van der Waals surface area (Å²) in [4.78, 5) is 14.5. The highest BCUT2D eigenvalue weighted by Gasteiger charge is 2.26. The van der Waals surface area contributed by atoms with Gasteiger partial charge in [0, 0.05) is 16.8 Å². The van der Waals surface area contributed by atoms with Crippen LogP contribution < -0.4 is 5.32 Å². The molecule has 0 radical (unpaired) electrons. The summed E-state index contributed by atoms with van der Waals surface area (Å²) < 4.78 is 0. The molecule has 2 aliphatic carbocycles. The van der Waals surface area contributed by atoms with Gasteiger partial charge in [-0.1, -0.05) is 6.42 Å². The molecule has 19 heavy (non-hydrogen) atoms. The molecule has 2 aliphatic rings. The van der Waals surface area contributed by atoms with Crippen LogP contribution in [0.15, 0.2) is 6.07 Å². The molecule has 2 unspecified atom stereocenters. The quantitative estimate of drug-likeness (QED) is 0.846. The van der Waals surface area contributed by atoms with Crippen molar-refractivity contribution in [3.63, 3.8) is 0 Å². The van der Waals surface area contributed by atoms with Crippen LogP contribution in [0.4, 0.5) is 0 Å². The lowest BCUT2D eigenvalue weighted by atomic mass is 9.99. The molecule has 1 saturated carbocycles. The van der Waals surface area contributed by atoms with Crippen molar-refractivity contribution in [2.45, 2.75) is 50.3 Å². The lowest BCUT2D eigenvalue weighted by molar-refractivity contribution is 0.0951. The molecule has 2 atom stereocenters. The van der Waals surface area contributed by atoms with Gasteiger partial charge >= 0.3 is 0 Å². The first-order valence-electron chi connectivity index (χ1n) is 7.28. The highest BCUT2D eigenvalue weighted by atomic mass is 35.5. The fourth-order valence-electron chi connectivity index (χ4n) is 3.13. The van der Waals surface area contributed by atoms with E-state index in [4.69, 9.17) is 11.6 Å². The molecule has 1 heterocycles. The molecule has 3 rings (SSSR count). The van der Waals surface area contributed by atoms with E-state index in [0.29, 0.717) is 5.92 Å². The third kappa shape index (κ3) is 2.97. The second kappa shape index (κ2) is 5.84. The number of carbonyl (C=O) groups is 1. The molecule has 0 bridgehead atoms. The number of thiophene rings is 1. The van der Waals surface area contributed by atoms with E-state index in [1.807, 2.05) is 0 Å². The van der Waals surface area contributed by atoms with Crippen molar-refractivity contribution in [2.75, 3.05) is 6.54 Å². The van der Waals surface area contributed by atoms with Crippen molar-refractivity contribution in [2.24, 2.45) is 5.92 Å². The zero-order valence-electron chi connectivity index (χ0n) is 11.1. The zero-order chi connectivity index (χ0) is 13.2. The summed E-state index contributed by atoms with van der Waals surface area (Å²) in [6.07, 6.45) is 8.27. The van der Waals surface area contributed by atoms with Crippen LogP contribution in [0.5, 0.6) is 0 Å². The first kappa shape index (κ1) is 13.4. The molecule has 4 heteroatoms. The van der Waals surface area contributed by atoms with Crippen LogP contribution in [-0.4, -0.2) is 17.8 Å². The van der Waals surface area contributed by atoms with Crippen LogP contribution >= 0.6 is 22.9 Å². The third-order valence-corrected chi connectivity index (χ3v) is 6.12. The maximum Gasteiger partial charge on any atom is 0.261 e. The maximum absolute atomic E-state index is 12.2. The first-order valence-corrected chi connectivity index (χ1v) is 8.53. The normalized spacial score (nSPS) is 26.2. The van der Waals surface area contributed by atoms with Crippen LogP contribution in [0.2, 0.25) is 0 Å². The van der Waals surface area contributed by atoms with Crippen LogP contribution in [-0.2, 0) is 12.8 Å². The van der Waals surface area contributed by atoms with Gasteiger partial charge in [0.2, 0.25) is 0 Å². The molecular weight excluding hydrogens is 278 g/mol. The van der Waals surface area contributed by atoms with Gasteiger partial charge in [-0.2, -0.15) is 0 Å². The Morgan fingerprint density at radius 2 is 2.16 bits per heavy atom. The standard InChI is InChI=1S/C15H20ClNOS/c16-12-6-3-5-11(12)9-17-15(18)14-8-10-4-1-2-7-13(10)19-14/h8,11-12H,1-7,9H2,(H,17,18). The number of hydrogen-bond donors (Lipinski definition) is 1. The second-order valence-corrected chi connectivity index (χ2v) is 7.38. The summed E-state index contributed by atoms with van der Waals surface area (Å²) in [7, 11) is 0. The van der Waals surface area contributed by atoms with Gasteiger partial charge in [0.25, 0.3) is 5.91 Å². The first-order chi connectivity index (χ1) is 9.24. The number of rotatable bonds is 3. The molecule has 0 spiro atoms. The molecule has 1 fully saturated rings. The largest absolute Gasteiger partial charge is 0.351 e. The average Bonchev–Trinajstić information content (AvgIpc) is 3.01. The monoisotopic (exact) mass is 297 g/mol. The van der Waals surface area contributed by atoms with E-state index in [2.05, 4.69) is 11.4 Å².